The lowest BCUT2D eigenvalue weighted by atomic mass is 10.2. The number of hydrogen-bond acceptors (Lipinski definition) is 4. The van der Waals surface area contributed by atoms with Crippen molar-refractivity contribution in [1.29, 1.82) is 0 Å². The zero-order valence-electron chi connectivity index (χ0n) is 10.6. The van der Waals surface area contributed by atoms with E-state index in [-0.39, 0.29) is 16.9 Å². The average molecular weight is 274 g/mol. The molecule has 0 amide bonds. The van der Waals surface area contributed by atoms with Crippen LogP contribution in [0.4, 0.5) is 4.39 Å². The molecule has 0 aromatic heterocycles. The van der Waals surface area contributed by atoms with Crippen LogP contribution in [0, 0.1) is 5.82 Å². The molecule has 2 aromatic rings. The molecule has 0 N–H and O–H groups in total. The molecule has 0 aliphatic heterocycles. The molecule has 5 heteroatoms. The molecule has 0 aliphatic rings. The first-order chi connectivity index (χ1) is 9.60. The number of methoxy groups -OCH3 is 1. The van der Waals surface area contributed by atoms with E-state index in [1.54, 1.807) is 12.1 Å². The van der Waals surface area contributed by atoms with Gasteiger partial charge in [-0.2, -0.15) is 0 Å². The molecule has 0 atom stereocenters. The maximum Gasteiger partial charge on any atom is 0.343 e. The van der Waals surface area contributed by atoms with Gasteiger partial charge in [0.15, 0.2) is 0 Å². The van der Waals surface area contributed by atoms with Crippen molar-refractivity contribution in [3.8, 4) is 5.75 Å². The van der Waals surface area contributed by atoms with E-state index in [1.165, 1.54) is 43.5 Å². The van der Waals surface area contributed by atoms with Crippen LogP contribution in [0.25, 0.3) is 0 Å². The lowest BCUT2D eigenvalue weighted by molar-refractivity contribution is 0.0597. The number of carbonyl (C=O) groups is 2. The van der Waals surface area contributed by atoms with Crippen molar-refractivity contribution in [2.75, 3.05) is 7.11 Å². The van der Waals surface area contributed by atoms with E-state index in [1.807, 2.05) is 0 Å². The Morgan fingerprint density at radius 1 is 0.950 bits per heavy atom. The van der Waals surface area contributed by atoms with Crippen LogP contribution in [-0.2, 0) is 4.74 Å². The van der Waals surface area contributed by atoms with Gasteiger partial charge in [-0.15, -0.1) is 0 Å². The Bertz CT molecular complexity index is 635. The first-order valence-electron chi connectivity index (χ1n) is 5.76. The maximum absolute atomic E-state index is 12.8. The summed E-state index contributed by atoms with van der Waals surface area (Å²) in [5, 5.41) is 0. The Kier molecular flexibility index (Phi) is 4.10. The van der Waals surface area contributed by atoms with Crippen LogP contribution < -0.4 is 4.74 Å². The SMILES string of the molecule is COC(=O)c1cccc(OC(=O)c2ccc(F)cc2)c1. The minimum absolute atomic E-state index is 0.210. The molecule has 0 radical (unpaired) electrons. The Morgan fingerprint density at radius 3 is 2.30 bits per heavy atom. The summed E-state index contributed by atoms with van der Waals surface area (Å²) in [5.74, 6) is -1.38. The molecule has 0 unspecified atom stereocenters. The third kappa shape index (κ3) is 3.20. The van der Waals surface area contributed by atoms with Crippen molar-refractivity contribution < 1.29 is 23.5 Å². The van der Waals surface area contributed by atoms with Crippen molar-refractivity contribution in [1.82, 2.24) is 0 Å². The van der Waals surface area contributed by atoms with E-state index in [0.29, 0.717) is 0 Å². The summed E-state index contributed by atoms with van der Waals surface area (Å²) in [6.07, 6.45) is 0. The van der Waals surface area contributed by atoms with Crippen LogP contribution in [0.5, 0.6) is 5.75 Å². The second-order valence-electron chi connectivity index (χ2n) is 3.92. The van der Waals surface area contributed by atoms with Gasteiger partial charge in [-0.25, -0.2) is 14.0 Å². The monoisotopic (exact) mass is 274 g/mol. The fourth-order valence-electron chi connectivity index (χ4n) is 1.56. The van der Waals surface area contributed by atoms with E-state index < -0.39 is 17.8 Å². The quantitative estimate of drug-likeness (QED) is 0.638. The summed E-state index contributed by atoms with van der Waals surface area (Å²) in [6.45, 7) is 0. The number of ether oxygens (including phenoxy) is 2. The molecule has 2 rings (SSSR count). The zero-order chi connectivity index (χ0) is 14.5. The second-order valence-corrected chi connectivity index (χ2v) is 3.92. The summed E-state index contributed by atoms with van der Waals surface area (Å²) >= 11 is 0. The van der Waals surface area contributed by atoms with Crippen LogP contribution in [0.15, 0.2) is 48.5 Å². The largest absolute Gasteiger partial charge is 0.465 e. The number of carbonyl (C=O) groups excluding carboxylic acids is 2. The van der Waals surface area contributed by atoms with Gasteiger partial charge in [0.05, 0.1) is 18.2 Å². The predicted molar refractivity (Wildman–Crippen MR) is 69.1 cm³/mol. The van der Waals surface area contributed by atoms with Gasteiger partial charge in [-0.05, 0) is 42.5 Å². The number of esters is 2. The number of halogens is 1. The third-order valence-electron chi connectivity index (χ3n) is 2.55. The van der Waals surface area contributed by atoms with Gasteiger partial charge in [0.25, 0.3) is 0 Å². The summed E-state index contributed by atoms with van der Waals surface area (Å²) in [5.41, 5.74) is 0.492. The molecule has 0 bridgehead atoms. The Hall–Kier alpha value is -2.69. The molecule has 20 heavy (non-hydrogen) atoms. The Balaban J connectivity index is 2.15. The number of benzene rings is 2. The van der Waals surface area contributed by atoms with Crippen molar-refractivity contribution >= 4 is 11.9 Å². The molecule has 0 fully saturated rings. The van der Waals surface area contributed by atoms with Gasteiger partial charge in [0.1, 0.15) is 11.6 Å². The highest BCUT2D eigenvalue weighted by atomic mass is 19.1. The highest BCUT2D eigenvalue weighted by Gasteiger charge is 2.11. The Morgan fingerprint density at radius 2 is 1.65 bits per heavy atom. The first-order valence-corrected chi connectivity index (χ1v) is 5.76. The van der Waals surface area contributed by atoms with Crippen LogP contribution in [0.3, 0.4) is 0 Å². The van der Waals surface area contributed by atoms with Crippen LogP contribution >= 0.6 is 0 Å². The predicted octanol–water partition coefficient (Wildman–Crippen LogP) is 2.83. The fourth-order valence-corrected chi connectivity index (χ4v) is 1.56. The van der Waals surface area contributed by atoms with Crippen molar-refractivity contribution in [3.05, 3.63) is 65.5 Å². The Labute approximate surface area is 114 Å². The molecular formula is C15H11FO4. The summed E-state index contributed by atoms with van der Waals surface area (Å²) in [4.78, 5) is 23.2. The molecule has 2 aromatic carbocycles. The molecule has 0 saturated heterocycles. The zero-order valence-corrected chi connectivity index (χ0v) is 10.6. The fraction of sp³-hybridized carbons (Fsp3) is 0.0667. The van der Waals surface area contributed by atoms with Gasteiger partial charge in [0, 0.05) is 0 Å². The van der Waals surface area contributed by atoms with Gasteiger partial charge in [0.2, 0.25) is 0 Å². The standard InChI is InChI=1S/C15H11FO4/c1-19-14(17)11-3-2-4-13(9-11)20-15(18)10-5-7-12(16)8-6-10/h2-9H,1H3. The molecule has 0 heterocycles. The third-order valence-corrected chi connectivity index (χ3v) is 2.55. The van der Waals surface area contributed by atoms with Gasteiger partial charge < -0.3 is 9.47 Å². The van der Waals surface area contributed by atoms with Crippen LogP contribution in [-0.4, -0.2) is 19.0 Å². The van der Waals surface area contributed by atoms with E-state index in [9.17, 15) is 14.0 Å². The van der Waals surface area contributed by atoms with Crippen LogP contribution in [0.2, 0.25) is 0 Å². The second kappa shape index (κ2) is 5.97. The average Bonchev–Trinajstić information content (AvgIpc) is 2.47. The summed E-state index contributed by atoms with van der Waals surface area (Å²) in [6, 6.07) is 11.0. The molecule has 0 saturated carbocycles. The van der Waals surface area contributed by atoms with Gasteiger partial charge >= 0.3 is 11.9 Å². The molecule has 0 aliphatic carbocycles. The number of hydrogen-bond donors (Lipinski definition) is 0. The minimum Gasteiger partial charge on any atom is -0.465 e. The van der Waals surface area contributed by atoms with E-state index in [4.69, 9.17) is 4.74 Å². The normalized spacial score (nSPS) is 9.90. The van der Waals surface area contributed by atoms with Crippen molar-refractivity contribution in [2.45, 2.75) is 0 Å². The molecule has 0 spiro atoms. The van der Waals surface area contributed by atoms with E-state index in [2.05, 4.69) is 4.74 Å². The lowest BCUT2D eigenvalue weighted by Gasteiger charge is -2.05. The highest BCUT2D eigenvalue weighted by molar-refractivity contribution is 5.92. The van der Waals surface area contributed by atoms with E-state index >= 15 is 0 Å². The smallest absolute Gasteiger partial charge is 0.343 e. The van der Waals surface area contributed by atoms with Crippen molar-refractivity contribution in [3.63, 3.8) is 0 Å². The van der Waals surface area contributed by atoms with Gasteiger partial charge in [-0.1, -0.05) is 6.07 Å². The number of rotatable bonds is 3. The maximum atomic E-state index is 12.8. The molecule has 4 nitrogen and oxygen atoms in total. The highest BCUT2D eigenvalue weighted by Crippen LogP contribution is 2.16. The topological polar surface area (TPSA) is 52.6 Å². The first kappa shape index (κ1) is 13.7. The summed E-state index contributed by atoms with van der Waals surface area (Å²) in [7, 11) is 1.26. The molecular weight excluding hydrogens is 263 g/mol. The molecule has 102 valence electrons. The van der Waals surface area contributed by atoms with Crippen molar-refractivity contribution in [2.24, 2.45) is 0 Å². The van der Waals surface area contributed by atoms with Crippen LogP contribution in [0.1, 0.15) is 20.7 Å². The lowest BCUT2D eigenvalue weighted by Crippen LogP contribution is -2.09. The van der Waals surface area contributed by atoms with Gasteiger partial charge in [-0.3, -0.25) is 0 Å². The van der Waals surface area contributed by atoms with E-state index in [0.717, 1.165) is 0 Å². The summed E-state index contributed by atoms with van der Waals surface area (Å²) < 4.78 is 22.4. The minimum atomic E-state index is -0.632.